The molecule has 8 heteroatoms. The van der Waals surface area contributed by atoms with Crippen molar-refractivity contribution in [1.82, 2.24) is 4.90 Å². The lowest BCUT2D eigenvalue weighted by atomic mass is 10.1. The summed E-state index contributed by atoms with van der Waals surface area (Å²) in [4.78, 5) is 27.9. The van der Waals surface area contributed by atoms with Gasteiger partial charge in [0.2, 0.25) is 11.7 Å². The van der Waals surface area contributed by atoms with Gasteiger partial charge in [0.05, 0.1) is 33.4 Å². The lowest BCUT2D eigenvalue weighted by Gasteiger charge is -2.36. The molecule has 2 aromatic rings. The van der Waals surface area contributed by atoms with Crippen molar-refractivity contribution in [2.45, 2.75) is 13.3 Å². The predicted molar refractivity (Wildman–Crippen MR) is 115 cm³/mol. The Bertz CT molecular complexity index is 945. The Balaban J connectivity index is 1.65. The Labute approximate surface area is 181 Å². The van der Waals surface area contributed by atoms with Gasteiger partial charge in [0.1, 0.15) is 5.82 Å². The molecule has 0 spiro atoms. The molecule has 0 N–H and O–H groups in total. The molecule has 0 bridgehead atoms. The number of carbonyl (C=O) groups is 2. The van der Waals surface area contributed by atoms with E-state index in [-0.39, 0.29) is 18.1 Å². The number of hydrogen-bond acceptors (Lipinski definition) is 6. The minimum atomic E-state index is -0.426. The van der Waals surface area contributed by atoms with Crippen molar-refractivity contribution < 1.29 is 28.2 Å². The summed E-state index contributed by atoms with van der Waals surface area (Å²) in [5.74, 6) is 0.851. The highest BCUT2D eigenvalue weighted by Crippen LogP contribution is 2.38. The van der Waals surface area contributed by atoms with E-state index < -0.39 is 5.82 Å². The van der Waals surface area contributed by atoms with Crippen molar-refractivity contribution in [2.24, 2.45) is 0 Å². The Morgan fingerprint density at radius 1 is 0.935 bits per heavy atom. The van der Waals surface area contributed by atoms with Crippen LogP contribution in [0.3, 0.4) is 0 Å². The molecule has 1 aliphatic heterocycles. The zero-order valence-corrected chi connectivity index (χ0v) is 18.2. The Hall–Kier alpha value is -3.29. The van der Waals surface area contributed by atoms with Crippen LogP contribution in [0.2, 0.25) is 0 Å². The van der Waals surface area contributed by atoms with Crippen molar-refractivity contribution in [3.05, 3.63) is 47.3 Å². The number of halogens is 1. The van der Waals surface area contributed by atoms with Gasteiger partial charge in [-0.3, -0.25) is 9.59 Å². The topological polar surface area (TPSA) is 68.3 Å². The number of nitrogens with zero attached hydrogens (tertiary/aromatic N) is 2. The second-order valence-electron chi connectivity index (χ2n) is 7.30. The molecular formula is C23H27FN2O5. The first-order valence-electron chi connectivity index (χ1n) is 10.00. The molecule has 1 amide bonds. The maximum atomic E-state index is 14.4. The van der Waals surface area contributed by atoms with Crippen LogP contribution >= 0.6 is 0 Å². The largest absolute Gasteiger partial charge is 0.493 e. The third-order valence-electron chi connectivity index (χ3n) is 5.41. The smallest absolute Gasteiger partial charge is 0.227 e. The second-order valence-corrected chi connectivity index (χ2v) is 7.30. The molecule has 0 atom stereocenters. The van der Waals surface area contributed by atoms with Gasteiger partial charge in [0, 0.05) is 31.7 Å². The van der Waals surface area contributed by atoms with E-state index >= 15 is 0 Å². The monoisotopic (exact) mass is 430 g/mol. The highest BCUT2D eigenvalue weighted by Gasteiger charge is 2.24. The highest BCUT2D eigenvalue weighted by molar-refractivity contribution is 5.94. The van der Waals surface area contributed by atoms with Gasteiger partial charge in [-0.25, -0.2) is 4.39 Å². The van der Waals surface area contributed by atoms with Gasteiger partial charge in [-0.2, -0.15) is 0 Å². The summed E-state index contributed by atoms with van der Waals surface area (Å²) in [5.41, 5.74) is 1.55. The molecule has 0 radical (unpaired) electrons. The van der Waals surface area contributed by atoms with Crippen LogP contribution in [0.15, 0.2) is 30.3 Å². The second kappa shape index (κ2) is 9.68. The van der Waals surface area contributed by atoms with Crippen molar-refractivity contribution in [2.75, 3.05) is 52.4 Å². The van der Waals surface area contributed by atoms with Gasteiger partial charge in [0.15, 0.2) is 17.3 Å². The fraction of sp³-hybridized carbons (Fsp3) is 0.391. The Kier molecular flexibility index (Phi) is 6.99. The van der Waals surface area contributed by atoms with Crippen LogP contribution in [0.1, 0.15) is 22.8 Å². The standard InChI is InChI=1S/C23H27FN2O5/c1-15(27)17-5-6-19(18(24)14-17)25-7-9-26(10-8-25)22(28)13-16-11-20(29-2)23(31-4)21(12-16)30-3/h5-6,11-12,14H,7-10,13H2,1-4H3. The molecule has 2 aromatic carbocycles. The molecule has 166 valence electrons. The number of benzene rings is 2. The first-order valence-corrected chi connectivity index (χ1v) is 10.00. The number of ketones is 1. The summed E-state index contributed by atoms with van der Waals surface area (Å²) in [5, 5.41) is 0. The van der Waals surface area contributed by atoms with E-state index in [1.807, 2.05) is 4.90 Å². The minimum absolute atomic E-state index is 0.0266. The number of Topliss-reactive ketones (excluding diaryl/α,β-unsaturated/α-hetero) is 1. The van der Waals surface area contributed by atoms with Crippen LogP contribution in [0.4, 0.5) is 10.1 Å². The zero-order chi connectivity index (χ0) is 22.5. The van der Waals surface area contributed by atoms with Gasteiger partial charge in [-0.05, 0) is 42.8 Å². The van der Waals surface area contributed by atoms with E-state index in [0.29, 0.717) is 54.7 Å². The molecule has 3 rings (SSSR count). The number of methoxy groups -OCH3 is 3. The van der Waals surface area contributed by atoms with Gasteiger partial charge in [0.25, 0.3) is 0 Å². The average Bonchev–Trinajstić information content (AvgIpc) is 2.78. The van der Waals surface area contributed by atoms with Crippen molar-refractivity contribution >= 4 is 17.4 Å². The summed E-state index contributed by atoms with van der Waals surface area (Å²) < 4.78 is 30.5. The van der Waals surface area contributed by atoms with E-state index in [4.69, 9.17) is 14.2 Å². The zero-order valence-electron chi connectivity index (χ0n) is 18.2. The average molecular weight is 430 g/mol. The lowest BCUT2D eigenvalue weighted by Crippen LogP contribution is -2.49. The maximum absolute atomic E-state index is 14.4. The molecule has 1 fully saturated rings. The number of piperazine rings is 1. The minimum Gasteiger partial charge on any atom is -0.493 e. The van der Waals surface area contributed by atoms with E-state index in [1.165, 1.54) is 34.3 Å². The Morgan fingerprint density at radius 3 is 2.03 bits per heavy atom. The van der Waals surface area contributed by atoms with Gasteiger partial charge in [-0.1, -0.05) is 0 Å². The van der Waals surface area contributed by atoms with Crippen molar-refractivity contribution in [1.29, 1.82) is 0 Å². The van der Waals surface area contributed by atoms with Crippen LogP contribution in [-0.4, -0.2) is 64.1 Å². The molecule has 0 aliphatic carbocycles. The fourth-order valence-electron chi connectivity index (χ4n) is 3.70. The van der Waals surface area contributed by atoms with Gasteiger partial charge >= 0.3 is 0 Å². The summed E-state index contributed by atoms with van der Waals surface area (Å²) in [6.07, 6.45) is 0.193. The summed E-state index contributed by atoms with van der Waals surface area (Å²) in [7, 11) is 4.59. The summed E-state index contributed by atoms with van der Waals surface area (Å²) in [6.45, 7) is 3.40. The molecule has 0 unspecified atom stereocenters. The maximum Gasteiger partial charge on any atom is 0.227 e. The number of amides is 1. The fourth-order valence-corrected chi connectivity index (χ4v) is 3.70. The molecule has 0 saturated carbocycles. The molecule has 1 aliphatic rings. The third kappa shape index (κ3) is 4.90. The normalized spacial score (nSPS) is 13.7. The number of ether oxygens (including phenoxy) is 3. The van der Waals surface area contributed by atoms with Crippen LogP contribution < -0.4 is 19.1 Å². The van der Waals surface area contributed by atoms with Crippen LogP contribution in [-0.2, 0) is 11.2 Å². The molecule has 1 saturated heterocycles. The number of carbonyl (C=O) groups excluding carboxylic acids is 2. The molecule has 31 heavy (non-hydrogen) atoms. The van der Waals surface area contributed by atoms with Crippen molar-refractivity contribution in [3.63, 3.8) is 0 Å². The summed E-state index contributed by atoms with van der Waals surface area (Å²) >= 11 is 0. The van der Waals surface area contributed by atoms with E-state index in [1.54, 1.807) is 29.2 Å². The Morgan fingerprint density at radius 2 is 1.55 bits per heavy atom. The first-order chi connectivity index (χ1) is 14.9. The van der Waals surface area contributed by atoms with Gasteiger partial charge < -0.3 is 24.0 Å². The van der Waals surface area contributed by atoms with E-state index in [2.05, 4.69) is 0 Å². The predicted octanol–water partition coefficient (Wildman–Crippen LogP) is 2.95. The highest BCUT2D eigenvalue weighted by atomic mass is 19.1. The van der Waals surface area contributed by atoms with Crippen molar-refractivity contribution in [3.8, 4) is 17.2 Å². The molecule has 0 aromatic heterocycles. The number of anilines is 1. The molecule has 1 heterocycles. The quantitative estimate of drug-likeness (QED) is 0.630. The SMILES string of the molecule is COc1cc(CC(=O)N2CCN(c3ccc(C(C)=O)cc3F)CC2)cc(OC)c1OC. The van der Waals surface area contributed by atoms with E-state index in [0.717, 1.165) is 5.56 Å². The van der Waals surface area contributed by atoms with Crippen LogP contribution in [0, 0.1) is 5.82 Å². The first kappa shape index (κ1) is 22.4. The lowest BCUT2D eigenvalue weighted by molar-refractivity contribution is -0.130. The van der Waals surface area contributed by atoms with Crippen LogP contribution in [0.25, 0.3) is 0 Å². The third-order valence-corrected chi connectivity index (χ3v) is 5.41. The summed E-state index contributed by atoms with van der Waals surface area (Å²) in [6, 6.07) is 8.05. The van der Waals surface area contributed by atoms with E-state index in [9.17, 15) is 14.0 Å². The van der Waals surface area contributed by atoms with Crippen LogP contribution in [0.5, 0.6) is 17.2 Å². The van der Waals surface area contributed by atoms with Gasteiger partial charge in [-0.15, -0.1) is 0 Å². The molecule has 7 nitrogen and oxygen atoms in total. The molecular weight excluding hydrogens is 403 g/mol. The number of hydrogen-bond donors (Lipinski definition) is 0. The number of rotatable bonds is 7.